The first-order valence-electron chi connectivity index (χ1n) is 10.7. The first-order chi connectivity index (χ1) is 15.0. The van der Waals surface area contributed by atoms with Crippen LogP contribution in [0.1, 0.15) is 23.0 Å². The molecule has 1 aromatic heterocycles. The number of pyridine rings is 1. The van der Waals surface area contributed by atoms with Crippen LogP contribution in [0.25, 0.3) is 11.3 Å². The smallest absolute Gasteiger partial charge is 0.257 e. The number of carbonyl (C=O) groups is 1. The van der Waals surface area contributed by atoms with E-state index in [4.69, 9.17) is 0 Å². The van der Waals surface area contributed by atoms with Crippen LogP contribution in [-0.4, -0.2) is 48.5 Å². The van der Waals surface area contributed by atoms with Crippen molar-refractivity contribution in [2.45, 2.75) is 13.8 Å². The summed E-state index contributed by atoms with van der Waals surface area (Å²) in [5.41, 5.74) is 5.08. The fourth-order valence-electron chi connectivity index (χ4n) is 3.96. The van der Waals surface area contributed by atoms with Gasteiger partial charge in [-0.2, -0.15) is 0 Å². The third-order valence-electron chi connectivity index (χ3n) is 5.76. The zero-order valence-corrected chi connectivity index (χ0v) is 19.5. The fourth-order valence-corrected chi connectivity index (χ4v) is 4.36. The van der Waals surface area contributed by atoms with E-state index in [-0.39, 0.29) is 5.91 Å². The van der Waals surface area contributed by atoms with Gasteiger partial charge in [-0.25, -0.2) is 0 Å². The third kappa shape index (κ3) is 4.97. The second-order valence-corrected chi connectivity index (χ2v) is 8.65. The summed E-state index contributed by atoms with van der Waals surface area (Å²) >= 11 is 3.50. The van der Waals surface area contributed by atoms with E-state index in [1.165, 1.54) is 0 Å². The number of hydrogen-bond acceptors (Lipinski definition) is 4. The first-order valence-corrected chi connectivity index (χ1v) is 11.5. The quantitative estimate of drug-likeness (QED) is 0.546. The molecular weight excluding hydrogens is 452 g/mol. The van der Waals surface area contributed by atoms with Gasteiger partial charge in [0.1, 0.15) is 0 Å². The SMILES string of the molecule is CCN1CCN(c2ccccc2NC(=O)c2ccc(-c3cccc(Br)c3)nc2C)CC1. The van der Waals surface area contributed by atoms with Gasteiger partial charge < -0.3 is 15.1 Å². The molecule has 160 valence electrons. The monoisotopic (exact) mass is 478 g/mol. The average Bonchev–Trinajstić information content (AvgIpc) is 2.79. The number of piperazine rings is 1. The molecule has 0 atom stereocenters. The van der Waals surface area contributed by atoms with Crippen molar-refractivity contribution in [3.05, 3.63) is 76.4 Å². The normalized spacial score (nSPS) is 14.5. The number of anilines is 2. The van der Waals surface area contributed by atoms with Gasteiger partial charge in [-0.1, -0.05) is 47.1 Å². The summed E-state index contributed by atoms with van der Waals surface area (Å²) in [5.74, 6) is -0.134. The standard InChI is InChI=1S/C25H27BrN4O/c1-3-29-13-15-30(16-14-29)24-10-5-4-9-23(24)28-25(31)21-11-12-22(27-18(21)2)19-7-6-8-20(26)17-19/h4-12,17H,3,13-16H2,1-2H3,(H,28,31). The molecule has 6 heteroatoms. The largest absolute Gasteiger partial charge is 0.367 e. The number of carbonyl (C=O) groups excluding carboxylic acids is 1. The molecule has 1 amide bonds. The van der Waals surface area contributed by atoms with Crippen LogP contribution in [0.15, 0.2) is 65.1 Å². The molecule has 31 heavy (non-hydrogen) atoms. The maximum atomic E-state index is 13.1. The number of benzene rings is 2. The molecule has 0 aliphatic carbocycles. The second kappa shape index (κ2) is 9.62. The molecule has 0 bridgehead atoms. The molecule has 2 heterocycles. The molecule has 2 aromatic carbocycles. The van der Waals surface area contributed by atoms with E-state index in [1.807, 2.05) is 61.5 Å². The summed E-state index contributed by atoms with van der Waals surface area (Å²) in [7, 11) is 0. The Morgan fingerprint density at radius 2 is 1.81 bits per heavy atom. The van der Waals surface area contributed by atoms with E-state index < -0.39 is 0 Å². The number of amides is 1. The third-order valence-corrected chi connectivity index (χ3v) is 6.26. The van der Waals surface area contributed by atoms with Crippen LogP contribution in [-0.2, 0) is 0 Å². The lowest BCUT2D eigenvalue weighted by atomic mass is 10.1. The van der Waals surface area contributed by atoms with Gasteiger partial charge in [0.05, 0.1) is 28.3 Å². The maximum absolute atomic E-state index is 13.1. The van der Waals surface area contributed by atoms with Crippen molar-refractivity contribution < 1.29 is 4.79 Å². The topological polar surface area (TPSA) is 48.5 Å². The molecule has 0 radical (unpaired) electrons. The summed E-state index contributed by atoms with van der Waals surface area (Å²) in [4.78, 5) is 22.6. The van der Waals surface area contributed by atoms with Crippen molar-refractivity contribution in [2.75, 3.05) is 42.9 Å². The molecule has 0 spiro atoms. The zero-order chi connectivity index (χ0) is 21.8. The number of hydrogen-bond donors (Lipinski definition) is 1. The van der Waals surface area contributed by atoms with E-state index >= 15 is 0 Å². The Bertz CT molecular complexity index is 1080. The summed E-state index contributed by atoms with van der Waals surface area (Å²) in [6.07, 6.45) is 0. The van der Waals surface area contributed by atoms with Crippen LogP contribution in [0.3, 0.4) is 0 Å². The van der Waals surface area contributed by atoms with Gasteiger partial charge in [0.15, 0.2) is 0 Å². The van der Waals surface area contributed by atoms with Gasteiger partial charge >= 0.3 is 0 Å². The Balaban J connectivity index is 1.53. The van der Waals surface area contributed by atoms with Crippen molar-refractivity contribution in [1.82, 2.24) is 9.88 Å². The second-order valence-electron chi connectivity index (χ2n) is 7.73. The Hall–Kier alpha value is -2.70. The Labute approximate surface area is 192 Å². The van der Waals surface area contributed by atoms with Crippen molar-refractivity contribution in [3.63, 3.8) is 0 Å². The number of aromatic nitrogens is 1. The van der Waals surface area contributed by atoms with Crippen molar-refractivity contribution in [3.8, 4) is 11.3 Å². The van der Waals surface area contributed by atoms with Crippen LogP contribution in [0, 0.1) is 6.92 Å². The number of rotatable bonds is 5. The maximum Gasteiger partial charge on any atom is 0.257 e. The number of aryl methyl sites for hydroxylation is 1. The molecule has 1 aliphatic heterocycles. The highest BCUT2D eigenvalue weighted by Gasteiger charge is 2.20. The molecule has 0 saturated carbocycles. The average molecular weight is 479 g/mol. The fraction of sp³-hybridized carbons (Fsp3) is 0.280. The van der Waals surface area contributed by atoms with Gasteiger partial charge in [0, 0.05) is 36.2 Å². The Morgan fingerprint density at radius 3 is 2.52 bits per heavy atom. The van der Waals surface area contributed by atoms with Crippen LogP contribution in [0.4, 0.5) is 11.4 Å². The Morgan fingerprint density at radius 1 is 1.03 bits per heavy atom. The number of nitrogens with zero attached hydrogens (tertiary/aromatic N) is 3. The van der Waals surface area contributed by atoms with Gasteiger partial charge in [-0.05, 0) is 49.9 Å². The van der Waals surface area contributed by atoms with Crippen LogP contribution in [0.5, 0.6) is 0 Å². The number of para-hydroxylation sites is 2. The highest BCUT2D eigenvalue weighted by Crippen LogP contribution is 2.28. The minimum absolute atomic E-state index is 0.134. The number of halogens is 1. The first kappa shape index (κ1) is 21.5. The molecule has 5 nitrogen and oxygen atoms in total. The summed E-state index contributed by atoms with van der Waals surface area (Å²) < 4.78 is 1.00. The minimum atomic E-state index is -0.134. The van der Waals surface area contributed by atoms with E-state index in [2.05, 4.69) is 49.0 Å². The lowest BCUT2D eigenvalue weighted by molar-refractivity contribution is 0.102. The number of likely N-dealkylation sites (N-methyl/N-ethyl adjacent to an activating group) is 1. The van der Waals surface area contributed by atoms with Gasteiger partial charge in [-0.15, -0.1) is 0 Å². The lowest BCUT2D eigenvalue weighted by Crippen LogP contribution is -2.46. The van der Waals surface area contributed by atoms with Gasteiger partial charge in [-0.3, -0.25) is 9.78 Å². The van der Waals surface area contributed by atoms with Crippen LogP contribution < -0.4 is 10.2 Å². The van der Waals surface area contributed by atoms with Crippen LogP contribution in [0.2, 0.25) is 0 Å². The number of nitrogens with one attached hydrogen (secondary N) is 1. The highest BCUT2D eigenvalue weighted by atomic mass is 79.9. The molecule has 0 unspecified atom stereocenters. The van der Waals surface area contributed by atoms with E-state index in [0.717, 1.165) is 59.8 Å². The molecule has 1 aliphatic rings. The molecule has 1 saturated heterocycles. The predicted molar refractivity (Wildman–Crippen MR) is 131 cm³/mol. The van der Waals surface area contributed by atoms with Gasteiger partial charge in [0.2, 0.25) is 0 Å². The van der Waals surface area contributed by atoms with E-state index in [1.54, 1.807) is 0 Å². The molecule has 4 rings (SSSR count). The Kier molecular flexibility index (Phi) is 6.68. The molecule has 3 aromatic rings. The van der Waals surface area contributed by atoms with Crippen molar-refractivity contribution in [2.24, 2.45) is 0 Å². The lowest BCUT2D eigenvalue weighted by Gasteiger charge is -2.36. The molecule has 1 fully saturated rings. The summed E-state index contributed by atoms with van der Waals surface area (Å²) in [6, 6.07) is 19.8. The summed E-state index contributed by atoms with van der Waals surface area (Å²) in [5, 5.41) is 3.12. The van der Waals surface area contributed by atoms with Crippen molar-refractivity contribution in [1.29, 1.82) is 0 Å². The minimum Gasteiger partial charge on any atom is -0.367 e. The highest BCUT2D eigenvalue weighted by molar-refractivity contribution is 9.10. The zero-order valence-electron chi connectivity index (χ0n) is 17.9. The molecular formula is C25H27BrN4O. The molecule has 1 N–H and O–H groups in total. The van der Waals surface area contributed by atoms with Gasteiger partial charge in [0.25, 0.3) is 5.91 Å². The van der Waals surface area contributed by atoms with Crippen LogP contribution >= 0.6 is 15.9 Å². The van der Waals surface area contributed by atoms with E-state index in [0.29, 0.717) is 11.3 Å². The predicted octanol–water partition coefficient (Wildman–Crippen LogP) is 5.21. The van der Waals surface area contributed by atoms with Crippen molar-refractivity contribution >= 4 is 33.2 Å². The summed E-state index contributed by atoms with van der Waals surface area (Å²) in [6.45, 7) is 9.16. The van der Waals surface area contributed by atoms with E-state index in [9.17, 15) is 4.79 Å².